The van der Waals surface area contributed by atoms with Crippen molar-refractivity contribution in [2.75, 3.05) is 30.9 Å². The van der Waals surface area contributed by atoms with Crippen LogP contribution < -0.4 is 4.90 Å². The normalized spacial score (nSPS) is 20.1. The van der Waals surface area contributed by atoms with Crippen LogP contribution in [0.25, 0.3) is 0 Å². The summed E-state index contributed by atoms with van der Waals surface area (Å²) in [5.41, 5.74) is 1.21. The first kappa shape index (κ1) is 14.2. The molecule has 1 heterocycles. The molecule has 0 radical (unpaired) electrons. The monoisotopic (exact) mass is 281 g/mol. The standard InChI is InChI=1S/C14H19NO3S/c1-10-9-15(7-4-8-18-10)11-5-3-6-12(19-2)13(11)14(16)17/h3,5-6,10H,4,7-9H2,1-2H3,(H,16,17). The number of carboxylic acid groups (broad SMARTS) is 1. The number of thioether (sulfide) groups is 1. The minimum absolute atomic E-state index is 0.127. The Balaban J connectivity index is 2.40. The summed E-state index contributed by atoms with van der Waals surface area (Å²) < 4.78 is 5.62. The van der Waals surface area contributed by atoms with E-state index in [0.29, 0.717) is 5.56 Å². The van der Waals surface area contributed by atoms with Gasteiger partial charge in [0.1, 0.15) is 0 Å². The van der Waals surface area contributed by atoms with Crippen LogP contribution in [0.4, 0.5) is 5.69 Å². The van der Waals surface area contributed by atoms with E-state index in [-0.39, 0.29) is 6.10 Å². The lowest BCUT2D eigenvalue weighted by molar-refractivity contribution is 0.0692. The second-order valence-corrected chi connectivity index (χ2v) is 5.49. The summed E-state index contributed by atoms with van der Waals surface area (Å²) in [5.74, 6) is -0.863. The third kappa shape index (κ3) is 3.22. The van der Waals surface area contributed by atoms with E-state index in [1.54, 1.807) is 0 Å². The Morgan fingerprint density at radius 2 is 2.32 bits per heavy atom. The lowest BCUT2D eigenvalue weighted by Gasteiger charge is -2.26. The second kappa shape index (κ2) is 6.30. The van der Waals surface area contributed by atoms with Gasteiger partial charge in [0.25, 0.3) is 0 Å². The number of hydrogen-bond donors (Lipinski definition) is 1. The number of hydrogen-bond acceptors (Lipinski definition) is 4. The summed E-state index contributed by atoms with van der Waals surface area (Å²) >= 11 is 1.47. The topological polar surface area (TPSA) is 49.8 Å². The van der Waals surface area contributed by atoms with Crippen LogP contribution in [0.1, 0.15) is 23.7 Å². The lowest BCUT2D eigenvalue weighted by Crippen LogP contribution is -2.31. The van der Waals surface area contributed by atoms with Gasteiger partial charge < -0.3 is 14.7 Å². The average Bonchev–Trinajstić information content (AvgIpc) is 2.62. The molecule has 1 unspecified atom stereocenters. The zero-order valence-electron chi connectivity index (χ0n) is 11.3. The zero-order valence-corrected chi connectivity index (χ0v) is 12.1. The molecule has 0 saturated carbocycles. The number of nitrogens with zero attached hydrogens (tertiary/aromatic N) is 1. The Morgan fingerprint density at radius 3 is 3.00 bits per heavy atom. The van der Waals surface area contributed by atoms with Crippen molar-refractivity contribution in [3.05, 3.63) is 23.8 Å². The van der Waals surface area contributed by atoms with E-state index in [2.05, 4.69) is 4.90 Å². The van der Waals surface area contributed by atoms with E-state index in [9.17, 15) is 9.90 Å². The molecule has 0 amide bonds. The second-order valence-electron chi connectivity index (χ2n) is 4.64. The highest BCUT2D eigenvalue weighted by Gasteiger charge is 2.22. The maximum absolute atomic E-state index is 11.5. The van der Waals surface area contributed by atoms with Crippen LogP contribution in [0, 0.1) is 0 Å². The number of carboxylic acids is 1. The highest BCUT2D eigenvalue weighted by atomic mass is 32.2. The molecule has 1 aliphatic heterocycles. The number of rotatable bonds is 3. The van der Waals surface area contributed by atoms with Crippen LogP contribution in [0.15, 0.2) is 23.1 Å². The van der Waals surface area contributed by atoms with Gasteiger partial charge in [0.05, 0.1) is 17.4 Å². The molecule has 1 aromatic carbocycles. The van der Waals surface area contributed by atoms with Crippen LogP contribution in [-0.2, 0) is 4.74 Å². The minimum Gasteiger partial charge on any atom is -0.478 e. The third-order valence-corrected chi connectivity index (χ3v) is 4.01. The molecular formula is C14H19NO3S. The van der Waals surface area contributed by atoms with E-state index in [1.807, 2.05) is 31.4 Å². The van der Waals surface area contributed by atoms with Crippen molar-refractivity contribution in [1.82, 2.24) is 0 Å². The molecule has 1 N–H and O–H groups in total. The van der Waals surface area contributed by atoms with Crippen LogP contribution in [0.5, 0.6) is 0 Å². The number of benzene rings is 1. The van der Waals surface area contributed by atoms with Crippen molar-refractivity contribution >= 4 is 23.4 Å². The van der Waals surface area contributed by atoms with Crippen molar-refractivity contribution in [3.63, 3.8) is 0 Å². The van der Waals surface area contributed by atoms with Crippen LogP contribution >= 0.6 is 11.8 Å². The highest BCUT2D eigenvalue weighted by Crippen LogP contribution is 2.30. The minimum atomic E-state index is -0.863. The molecule has 0 aromatic heterocycles. The van der Waals surface area contributed by atoms with E-state index >= 15 is 0 Å². The molecule has 0 bridgehead atoms. The Morgan fingerprint density at radius 1 is 1.53 bits per heavy atom. The molecule has 1 saturated heterocycles. The number of ether oxygens (including phenoxy) is 1. The van der Waals surface area contributed by atoms with Crippen molar-refractivity contribution in [1.29, 1.82) is 0 Å². The molecule has 2 rings (SSSR count). The Labute approximate surface area is 117 Å². The summed E-state index contributed by atoms with van der Waals surface area (Å²) in [6.07, 6.45) is 2.95. The smallest absolute Gasteiger partial charge is 0.338 e. The molecule has 4 nitrogen and oxygen atoms in total. The van der Waals surface area contributed by atoms with Crippen LogP contribution in [-0.4, -0.2) is 43.1 Å². The van der Waals surface area contributed by atoms with E-state index in [1.165, 1.54) is 11.8 Å². The first-order valence-electron chi connectivity index (χ1n) is 6.40. The molecule has 1 aromatic rings. The first-order chi connectivity index (χ1) is 9.13. The van der Waals surface area contributed by atoms with E-state index in [0.717, 1.165) is 36.7 Å². The SMILES string of the molecule is CSc1cccc(N2CCCOC(C)C2)c1C(=O)O. The summed E-state index contributed by atoms with van der Waals surface area (Å²) in [5, 5.41) is 9.47. The Kier molecular flexibility index (Phi) is 4.71. The first-order valence-corrected chi connectivity index (χ1v) is 7.62. The highest BCUT2D eigenvalue weighted by molar-refractivity contribution is 7.98. The maximum atomic E-state index is 11.5. The van der Waals surface area contributed by atoms with Gasteiger partial charge in [-0.1, -0.05) is 6.07 Å². The summed E-state index contributed by atoms with van der Waals surface area (Å²) in [4.78, 5) is 14.5. The van der Waals surface area contributed by atoms with Gasteiger partial charge in [-0.2, -0.15) is 0 Å². The predicted octanol–water partition coefficient (Wildman–Crippen LogP) is 2.72. The van der Waals surface area contributed by atoms with Crippen molar-refractivity contribution in [3.8, 4) is 0 Å². The van der Waals surface area contributed by atoms with Gasteiger partial charge in [0, 0.05) is 24.6 Å². The quantitative estimate of drug-likeness (QED) is 0.863. The van der Waals surface area contributed by atoms with Gasteiger partial charge in [0.15, 0.2) is 0 Å². The fourth-order valence-corrected chi connectivity index (χ4v) is 2.99. The number of carbonyl (C=O) groups is 1. The fourth-order valence-electron chi connectivity index (χ4n) is 2.38. The molecule has 5 heteroatoms. The van der Waals surface area contributed by atoms with Gasteiger partial charge in [-0.3, -0.25) is 0 Å². The van der Waals surface area contributed by atoms with Crippen molar-refractivity contribution in [2.24, 2.45) is 0 Å². The molecule has 1 atom stereocenters. The maximum Gasteiger partial charge on any atom is 0.338 e. The largest absolute Gasteiger partial charge is 0.478 e. The average molecular weight is 281 g/mol. The third-order valence-electron chi connectivity index (χ3n) is 3.23. The summed E-state index contributed by atoms with van der Waals surface area (Å²) in [7, 11) is 0. The Bertz CT molecular complexity index is 464. The molecule has 0 spiro atoms. The van der Waals surface area contributed by atoms with Crippen LogP contribution in [0.2, 0.25) is 0 Å². The summed E-state index contributed by atoms with van der Waals surface area (Å²) in [6, 6.07) is 5.67. The van der Waals surface area contributed by atoms with Crippen molar-refractivity contribution < 1.29 is 14.6 Å². The zero-order chi connectivity index (χ0) is 13.8. The van der Waals surface area contributed by atoms with Gasteiger partial charge in [-0.05, 0) is 31.7 Å². The van der Waals surface area contributed by atoms with Gasteiger partial charge in [0.2, 0.25) is 0 Å². The van der Waals surface area contributed by atoms with Crippen LogP contribution in [0.3, 0.4) is 0 Å². The number of aromatic carboxylic acids is 1. The Hall–Kier alpha value is -1.20. The molecule has 1 aliphatic rings. The molecule has 104 valence electrons. The summed E-state index contributed by atoms with van der Waals surface area (Å²) in [6.45, 7) is 4.33. The van der Waals surface area contributed by atoms with E-state index in [4.69, 9.17) is 4.74 Å². The van der Waals surface area contributed by atoms with E-state index < -0.39 is 5.97 Å². The molecule has 19 heavy (non-hydrogen) atoms. The molecular weight excluding hydrogens is 262 g/mol. The van der Waals surface area contributed by atoms with Gasteiger partial charge in [-0.15, -0.1) is 11.8 Å². The molecule has 1 fully saturated rings. The molecule has 0 aliphatic carbocycles. The van der Waals surface area contributed by atoms with Crippen molar-refractivity contribution in [2.45, 2.75) is 24.3 Å². The van der Waals surface area contributed by atoms with Gasteiger partial charge >= 0.3 is 5.97 Å². The number of anilines is 1. The fraction of sp³-hybridized carbons (Fsp3) is 0.500. The predicted molar refractivity (Wildman–Crippen MR) is 77.4 cm³/mol. The lowest BCUT2D eigenvalue weighted by atomic mass is 10.1. The van der Waals surface area contributed by atoms with Gasteiger partial charge in [-0.25, -0.2) is 4.79 Å².